The van der Waals surface area contributed by atoms with Gasteiger partial charge in [0.05, 0.1) is 21.8 Å². The molecule has 2 atom stereocenters. The van der Waals surface area contributed by atoms with Crippen molar-refractivity contribution in [3.05, 3.63) is 57.8 Å². The largest absolute Gasteiger partial charge is 0.382 e. The van der Waals surface area contributed by atoms with Crippen molar-refractivity contribution in [2.24, 2.45) is 12.5 Å². The smallest absolute Gasteiger partial charge is 0.270 e. The molecule has 1 aromatic carbocycles. The van der Waals surface area contributed by atoms with E-state index in [0.29, 0.717) is 24.1 Å². The lowest BCUT2D eigenvalue weighted by molar-refractivity contribution is 0.176. The van der Waals surface area contributed by atoms with E-state index in [1.54, 1.807) is 19.2 Å². The molecular weight excluding hydrogens is 539 g/mol. The molecule has 1 aliphatic heterocycles. The van der Waals surface area contributed by atoms with E-state index in [0.717, 1.165) is 42.2 Å². The summed E-state index contributed by atoms with van der Waals surface area (Å²) in [6.45, 7) is 7.00. The number of rotatable bonds is 5. The molecule has 1 spiro atoms. The second kappa shape index (κ2) is 10.2. The zero-order valence-electron chi connectivity index (χ0n) is 22.4. The van der Waals surface area contributed by atoms with Crippen LogP contribution in [0.15, 0.2) is 45.2 Å². The Bertz CT molecular complexity index is 1500. The minimum absolute atomic E-state index is 0.109. The van der Waals surface area contributed by atoms with Crippen LogP contribution in [0.2, 0.25) is 0 Å². The maximum Gasteiger partial charge on any atom is 0.270 e. The van der Waals surface area contributed by atoms with Crippen LogP contribution in [0.25, 0.3) is 0 Å². The molecule has 2 aromatic heterocycles. The van der Waals surface area contributed by atoms with Gasteiger partial charge in [0.1, 0.15) is 21.6 Å². The average Bonchev–Trinajstić information content (AvgIpc) is 3.16. The van der Waals surface area contributed by atoms with Crippen LogP contribution in [0.5, 0.6) is 0 Å². The number of piperidine rings is 1. The van der Waals surface area contributed by atoms with Crippen molar-refractivity contribution in [2.75, 3.05) is 29.5 Å². The van der Waals surface area contributed by atoms with Crippen molar-refractivity contribution in [3.63, 3.8) is 0 Å². The predicted octanol–water partition coefficient (Wildman–Crippen LogP) is 2.96. The zero-order valence-corrected chi connectivity index (χ0v) is 24.0. The normalized spacial score (nSPS) is 19.3. The molecule has 10 nitrogen and oxygen atoms in total. The van der Waals surface area contributed by atoms with Crippen LogP contribution >= 0.6 is 11.8 Å². The first-order chi connectivity index (χ1) is 18.4. The Labute approximate surface area is 233 Å². The fourth-order valence-corrected chi connectivity index (χ4v) is 7.18. The van der Waals surface area contributed by atoms with Crippen molar-refractivity contribution >= 4 is 40.5 Å². The fraction of sp³-hybridized carbons (Fsp3) is 0.462. The minimum atomic E-state index is -1.32. The SMILES string of the molecule is Cn1c(N2CCC3(CC2)Cc2ccc(F)cc2[C@H]3NS(=O)C(C)(C)C)nc(N)c(Sc2ccnc(N)n2)c1=O. The highest BCUT2D eigenvalue weighted by molar-refractivity contribution is 7.99. The lowest BCUT2D eigenvalue weighted by Gasteiger charge is -2.44. The number of hydrogen-bond acceptors (Lipinski definition) is 9. The van der Waals surface area contributed by atoms with E-state index in [9.17, 15) is 13.4 Å². The van der Waals surface area contributed by atoms with Crippen molar-refractivity contribution in [2.45, 2.75) is 60.7 Å². The van der Waals surface area contributed by atoms with Gasteiger partial charge in [0.15, 0.2) is 0 Å². The summed E-state index contributed by atoms with van der Waals surface area (Å²) in [7, 11) is 0.354. The van der Waals surface area contributed by atoms with E-state index in [1.807, 2.05) is 26.8 Å². The van der Waals surface area contributed by atoms with E-state index in [1.165, 1.54) is 16.8 Å². The number of anilines is 3. The van der Waals surface area contributed by atoms with Gasteiger partial charge in [-0.2, -0.15) is 4.98 Å². The molecule has 208 valence electrons. The number of benzene rings is 1. The van der Waals surface area contributed by atoms with E-state index in [2.05, 4.69) is 24.6 Å². The van der Waals surface area contributed by atoms with Crippen molar-refractivity contribution < 1.29 is 8.60 Å². The molecule has 0 bridgehead atoms. The Morgan fingerprint density at radius 2 is 1.90 bits per heavy atom. The summed E-state index contributed by atoms with van der Waals surface area (Å²) in [5, 5.41) is 0.504. The first-order valence-corrected chi connectivity index (χ1v) is 14.7. The molecule has 1 unspecified atom stereocenters. The molecule has 3 aromatic rings. The van der Waals surface area contributed by atoms with Gasteiger partial charge >= 0.3 is 0 Å². The maximum atomic E-state index is 14.3. The van der Waals surface area contributed by atoms with Gasteiger partial charge in [-0.1, -0.05) is 17.8 Å². The van der Waals surface area contributed by atoms with Gasteiger partial charge in [0.2, 0.25) is 11.9 Å². The zero-order chi connectivity index (χ0) is 28.1. The summed E-state index contributed by atoms with van der Waals surface area (Å²) in [6.07, 6.45) is 3.77. The minimum Gasteiger partial charge on any atom is -0.382 e. The van der Waals surface area contributed by atoms with Gasteiger partial charge < -0.3 is 16.4 Å². The maximum absolute atomic E-state index is 14.3. The quantitative estimate of drug-likeness (QED) is 0.393. The number of fused-ring (bicyclic) bond motifs is 1. The molecule has 0 saturated carbocycles. The Morgan fingerprint density at radius 3 is 2.56 bits per heavy atom. The molecule has 13 heteroatoms. The first kappa shape index (κ1) is 27.5. The molecule has 3 heterocycles. The number of nitrogen functional groups attached to an aromatic ring is 2. The third-order valence-electron chi connectivity index (χ3n) is 7.50. The molecule has 0 radical (unpaired) electrons. The predicted molar refractivity (Wildman–Crippen MR) is 152 cm³/mol. The van der Waals surface area contributed by atoms with Crippen LogP contribution in [0, 0.1) is 11.2 Å². The molecule has 1 fully saturated rings. The van der Waals surface area contributed by atoms with Gasteiger partial charge in [-0.3, -0.25) is 9.36 Å². The van der Waals surface area contributed by atoms with Crippen LogP contribution in [0.1, 0.15) is 50.8 Å². The van der Waals surface area contributed by atoms with Crippen molar-refractivity contribution in [3.8, 4) is 0 Å². The van der Waals surface area contributed by atoms with E-state index in [4.69, 9.17) is 11.5 Å². The first-order valence-electron chi connectivity index (χ1n) is 12.7. The molecule has 39 heavy (non-hydrogen) atoms. The Hall–Kier alpha value is -3.03. The van der Waals surface area contributed by atoms with Gasteiger partial charge in [-0.05, 0) is 74.8 Å². The number of hydrogen-bond donors (Lipinski definition) is 3. The van der Waals surface area contributed by atoms with E-state index >= 15 is 0 Å². The highest BCUT2D eigenvalue weighted by atomic mass is 32.2. The highest BCUT2D eigenvalue weighted by Crippen LogP contribution is 2.52. The molecule has 1 aliphatic carbocycles. The van der Waals surface area contributed by atoms with Gasteiger partial charge in [-0.25, -0.2) is 23.3 Å². The molecular formula is C26H33FN8O2S2. The summed E-state index contributed by atoms with van der Waals surface area (Å²) in [4.78, 5) is 28.2. The fourth-order valence-electron chi connectivity index (χ4n) is 5.38. The summed E-state index contributed by atoms with van der Waals surface area (Å²) in [5.41, 5.74) is 13.4. The summed E-state index contributed by atoms with van der Waals surface area (Å²) in [6, 6.07) is 6.31. The van der Waals surface area contributed by atoms with Crippen molar-refractivity contribution in [1.29, 1.82) is 0 Å². The number of nitrogens with one attached hydrogen (secondary N) is 1. The van der Waals surface area contributed by atoms with E-state index in [-0.39, 0.29) is 39.5 Å². The monoisotopic (exact) mass is 572 g/mol. The second-order valence-electron chi connectivity index (χ2n) is 11.1. The summed E-state index contributed by atoms with van der Waals surface area (Å²) >= 11 is 1.10. The highest BCUT2D eigenvalue weighted by Gasteiger charge is 2.49. The van der Waals surface area contributed by atoms with Gasteiger partial charge in [-0.15, -0.1) is 0 Å². The second-order valence-corrected chi connectivity index (χ2v) is 14.2. The third-order valence-corrected chi connectivity index (χ3v) is 10.1. The topological polar surface area (TPSA) is 145 Å². The number of nitrogens with zero attached hydrogens (tertiary/aromatic N) is 5. The van der Waals surface area contributed by atoms with Gasteiger partial charge in [0, 0.05) is 26.3 Å². The van der Waals surface area contributed by atoms with Gasteiger partial charge in [0.25, 0.3) is 5.56 Å². The Kier molecular flexibility index (Phi) is 7.18. The average molecular weight is 573 g/mol. The van der Waals surface area contributed by atoms with Crippen molar-refractivity contribution in [1.82, 2.24) is 24.2 Å². The molecule has 2 aliphatic rings. The lowest BCUT2D eigenvalue weighted by Crippen LogP contribution is -2.48. The van der Waals surface area contributed by atoms with Crippen LogP contribution < -0.4 is 26.6 Å². The summed E-state index contributed by atoms with van der Waals surface area (Å²) < 4.78 is 31.8. The Morgan fingerprint density at radius 1 is 1.18 bits per heavy atom. The molecule has 1 saturated heterocycles. The van der Waals surface area contributed by atoms with Crippen LogP contribution in [0.4, 0.5) is 22.1 Å². The van der Waals surface area contributed by atoms with Crippen LogP contribution in [-0.4, -0.2) is 41.6 Å². The summed E-state index contributed by atoms with van der Waals surface area (Å²) in [5.74, 6) is 0.426. The molecule has 5 N–H and O–H groups in total. The Balaban J connectivity index is 1.40. The van der Waals surface area contributed by atoms with Crippen LogP contribution in [0.3, 0.4) is 0 Å². The third kappa shape index (κ3) is 5.27. The number of aromatic nitrogens is 4. The van der Waals surface area contributed by atoms with E-state index < -0.39 is 15.7 Å². The molecule has 5 rings (SSSR count). The number of halogens is 1. The standard InChI is InChI=1S/C26H33FN8O2S2/c1-25(2,3)39(37)33-20-17-13-16(27)6-5-15(17)14-26(20)8-11-35(12-9-26)24-32-21(28)19(22(36)34(24)4)38-18-7-10-30-23(29)31-18/h5-7,10,13,20,33H,8-9,11-12,14,28H2,1-4H3,(H2,29,30,31)/t20-,39?/m1/s1. The van der Waals surface area contributed by atoms with Crippen LogP contribution in [-0.2, 0) is 24.5 Å². The lowest BCUT2D eigenvalue weighted by atomic mass is 9.73. The molecule has 0 amide bonds. The number of nitrogens with two attached hydrogens (primary N) is 2.